The number of hydrogen-bond donors (Lipinski definition) is 1. The quantitative estimate of drug-likeness (QED) is 0.796. The molecular formula is C13H21NO3. The van der Waals surface area contributed by atoms with Crippen molar-refractivity contribution in [3.8, 4) is 0 Å². The van der Waals surface area contributed by atoms with E-state index in [2.05, 4.69) is 6.92 Å². The van der Waals surface area contributed by atoms with Gasteiger partial charge in [0.05, 0.1) is 11.8 Å². The Hall–Kier alpha value is -1.06. The molecule has 2 fully saturated rings. The highest BCUT2D eigenvalue weighted by molar-refractivity contribution is 5.91. The SMILES string of the molecule is C[C@@H]1CCCN(C(=O)[C@@H]2[C@@H](C(=O)O)C2(C)C)C1. The van der Waals surface area contributed by atoms with E-state index < -0.39 is 11.9 Å². The van der Waals surface area contributed by atoms with Crippen LogP contribution in [0.5, 0.6) is 0 Å². The van der Waals surface area contributed by atoms with Crippen LogP contribution >= 0.6 is 0 Å². The molecule has 1 amide bonds. The lowest BCUT2D eigenvalue weighted by Gasteiger charge is -2.31. The third kappa shape index (κ3) is 2.05. The molecule has 2 rings (SSSR count). The molecule has 3 atom stereocenters. The molecule has 0 aromatic carbocycles. The average molecular weight is 239 g/mol. The van der Waals surface area contributed by atoms with Crippen molar-refractivity contribution in [2.45, 2.75) is 33.6 Å². The number of rotatable bonds is 2. The number of amides is 1. The monoisotopic (exact) mass is 239 g/mol. The predicted octanol–water partition coefficient (Wildman–Crippen LogP) is 1.60. The van der Waals surface area contributed by atoms with Gasteiger partial charge in [0, 0.05) is 13.1 Å². The van der Waals surface area contributed by atoms with Crippen molar-refractivity contribution in [1.82, 2.24) is 4.90 Å². The molecule has 1 aliphatic heterocycles. The molecule has 0 aromatic rings. The van der Waals surface area contributed by atoms with Gasteiger partial charge in [-0.15, -0.1) is 0 Å². The third-order valence-corrected chi connectivity index (χ3v) is 4.33. The van der Waals surface area contributed by atoms with E-state index in [0.29, 0.717) is 5.92 Å². The summed E-state index contributed by atoms with van der Waals surface area (Å²) in [4.78, 5) is 25.2. The molecule has 1 saturated carbocycles. The lowest BCUT2D eigenvalue weighted by Crippen LogP contribution is -2.40. The third-order valence-electron chi connectivity index (χ3n) is 4.33. The second-order valence-electron chi connectivity index (χ2n) is 6.15. The lowest BCUT2D eigenvalue weighted by molar-refractivity contribution is -0.142. The molecule has 0 bridgehead atoms. The number of carboxylic acids is 1. The maximum absolute atomic E-state index is 12.3. The first kappa shape index (κ1) is 12.4. The van der Waals surface area contributed by atoms with Crippen LogP contribution in [0.1, 0.15) is 33.6 Å². The first-order chi connectivity index (χ1) is 7.85. The molecule has 1 N–H and O–H groups in total. The molecule has 17 heavy (non-hydrogen) atoms. The highest BCUT2D eigenvalue weighted by atomic mass is 16.4. The van der Waals surface area contributed by atoms with Crippen LogP contribution in [0.3, 0.4) is 0 Å². The van der Waals surface area contributed by atoms with Gasteiger partial charge in [0.15, 0.2) is 0 Å². The molecule has 1 heterocycles. The minimum atomic E-state index is -0.835. The Labute approximate surface area is 102 Å². The van der Waals surface area contributed by atoms with Crippen LogP contribution in [0.25, 0.3) is 0 Å². The predicted molar refractivity (Wildman–Crippen MR) is 63.4 cm³/mol. The highest BCUT2D eigenvalue weighted by Crippen LogP contribution is 2.59. The number of hydrogen-bond acceptors (Lipinski definition) is 2. The minimum Gasteiger partial charge on any atom is -0.481 e. The van der Waals surface area contributed by atoms with Crippen molar-refractivity contribution in [2.24, 2.45) is 23.2 Å². The van der Waals surface area contributed by atoms with Crippen LogP contribution in [-0.4, -0.2) is 35.0 Å². The van der Waals surface area contributed by atoms with Crippen molar-refractivity contribution < 1.29 is 14.7 Å². The van der Waals surface area contributed by atoms with Crippen LogP contribution in [0.4, 0.5) is 0 Å². The van der Waals surface area contributed by atoms with E-state index in [1.807, 2.05) is 18.7 Å². The van der Waals surface area contributed by atoms with Crippen molar-refractivity contribution in [2.75, 3.05) is 13.1 Å². The van der Waals surface area contributed by atoms with Gasteiger partial charge in [-0.3, -0.25) is 9.59 Å². The summed E-state index contributed by atoms with van der Waals surface area (Å²) < 4.78 is 0. The van der Waals surface area contributed by atoms with Gasteiger partial charge < -0.3 is 10.0 Å². The zero-order chi connectivity index (χ0) is 12.8. The summed E-state index contributed by atoms with van der Waals surface area (Å²) in [6.07, 6.45) is 2.21. The molecule has 0 unspecified atom stereocenters. The molecular weight excluding hydrogens is 218 g/mol. The highest BCUT2D eigenvalue weighted by Gasteiger charge is 2.66. The zero-order valence-corrected chi connectivity index (χ0v) is 10.8. The van der Waals surface area contributed by atoms with Crippen molar-refractivity contribution in [3.63, 3.8) is 0 Å². The molecule has 1 saturated heterocycles. The van der Waals surface area contributed by atoms with Gasteiger partial charge in [-0.05, 0) is 24.2 Å². The van der Waals surface area contributed by atoms with Gasteiger partial charge in [-0.2, -0.15) is 0 Å². The van der Waals surface area contributed by atoms with Crippen LogP contribution in [0, 0.1) is 23.2 Å². The number of likely N-dealkylation sites (tertiary alicyclic amines) is 1. The summed E-state index contributed by atoms with van der Waals surface area (Å²) in [6, 6.07) is 0. The summed E-state index contributed by atoms with van der Waals surface area (Å²) in [5, 5.41) is 9.09. The zero-order valence-electron chi connectivity index (χ0n) is 10.8. The van der Waals surface area contributed by atoms with E-state index in [1.165, 1.54) is 6.42 Å². The number of carboxylic acid groups (broad SMARTS) is 1. The number of aliphatic carboxylic acids is 1. The molecule has 4 nitrogen and oxygen atoms in total. The van der Waals surface area contributed by atoms with Gasteiger partial charge in [0.1, 0.15) is 0 Å². The Morgan fingerprint density at radius 3 is 2.41 bits per heavy atom. The second kappa shape index (κ2) is 4.00. The van der Waals surface area contributed by atoms with Gasteiger partial charge in [-0.25, -0.2) is 0 Å². The fourth-order valence-corrected chi connectivity index (χ4v) is 3.15. The number of piperidine rings is 1. The summed E-state index contributed by atoms with van der Waals surface area (Å²) in [6.45, 7) is 7.48. The standard InChI is InChI=1S/C13H21NO3/c1-8-5-4-6-14(7-8)11(15)9-10(12(16)17)13(9,2)3/h8-10H,4-7H2,1-3H3,(H,16,17)/t8-,9+,10+/m1/s1. The topological polar surface area (TPSA) is 57.6 Å². The number of carbonyl (C=O) groups excluding carboxylic acids is 1. The Bertz CT molecular complexity index is 351. The summed E-state index contributed by atoms with van der Waals surface area (Å²) in [5.74, 6) is -1.05. The van der Waals surface area contributed by atoms with E-state index in [1.54, 1.807) is 0 Å². The van der Waals surface area contributed by atoms with E-state index in [-0.39, 0.29) is 17.2 Å². The number of nitrogens with zero attached hydrogens (tertiary/aromatic N) is 1. The summed E-state index contributed by atoms with van der Waals surface area (Å²) >= 11 is 0. The van der Waals surface area contributed by atoms with Gasteiger partial charge in [0.2, 0.25) is 5.91 Å². The van der Waals surface area contributed by atoms with Crippen LogP contribution in [0.2, 0.25) is 0 Å². The minimum absolute atomic E-state index is 0.0500. The maximum atomic E-state index is 12.3. The van der Waals surface area contributed by atoms with Crippen molar-refractivity contribution in [1.29, 1.82) is 0 Å². The first-order valence-electron chi connectivity index (χ1n) is 6.37. The smallest absolute Gasteiger partial charge is 0.307 e. The van der Waals surface area contributed by atoms with E-state index in [0.717, 1.165) is 19.5 Å². The van der Waals surface area contributed by atoms with Crippen LogP contribution < -0.4 is 0 Å². The van der Waals surface area contributed by atoms with Gasteiger partial charge in [0.25, 0.3) is 0 Å². The van der Waals surface area contributed by atoms with E-state index in [9.17, 15) is 9.59 Å². The van der Waals surface area contributed by atoms with Crippen LogP contribution in [0.15, 0.2) is 0 Å². The summed E-state index contributed by atoms with van der Waals surface area (Å²) in [5.41, 5.74) is -0.371. The first-order valence-corrected chi connectivity index (χ1v) is 6.37. The molecule has 2 aliphatic rings. The fraction of sp³-hybridized carbons (Fsp3) is 0.846. The maximum Gasteiger partial charge on any atom is 0.307 e. The van der Waals surface area contributed by atoms with Crippen LogP contribution in [-0.2, 0) is 9.59 Å². The van der Waals surface area contributed by atoms with E-state index >= 15 is 0 Å². The second-order valence-corrected chi connectivity index (χ2v) is 6.15. The largest absolute Gasteiger partial charge is 0.481 e. The number of carbonyl (C=O) groups is 2. The Kier molecular flexibility index (Phi) is 2.92. The molecule has 4 heteroatoms. The Balaban J connectivity index is 2.04. The normalized spacial score (nSPS) is 35.5. The molecule has 96 valence electrons. The Morgan fingerprint density at radius 2 is 1.94 bits per heavy atom. The Morgan fingerprint density at radius 1 is 1.29 bits per heavy atom. The lowest BCUT2D eigenvalue weighted by atomic mass is 9.99. The molecule has 0 aromatic heterocycles. The fourth-order valence-electron chi connectivity index (χ4n) is 3.15. The van der Waals surface area contributed by atoms with Crippen molar-refractivity contribution >= 4 is 11.9 Å². The van der Waals surface area contributed by atoms with Gasteiger partial charge in [-0.1, -0.05) is 20.8 Å². The van der Waals surface area contributed by atoms with Gasteiger partial charge >= 0.3 is 5.97 Å². The average Bonchev–Trinajstić information content (AvgIpc) is 2.80. The molecule has 0 radical (unpaired) electrons. The summed E-state index contributed by atoms with van der Waals surface area (Å²) in [7, 11) is 0. The molecule has 1 aliphatic carbocycles. The van der Waals surface area contributed by atoms with E-state index in [4.69, 9.17) is 5.11 Å². The van der Waals surface area contributed by atoms with Crippen molar-refractivity contribution in [3.05, 3.63) is 0 Å². The molecule has 0 spiro atoms.